The van der Waals surface area contributed by atoms with Crippen LogP contribution >= 0.6 is 11.3 Å². The fraction of sp³-hybridized carbons (Fsp3) is 0.267. The third kappa shape index (κ3) is 3.15. The Bertz CT molecular complexity index is 753. The number of carbonyl (C=O) groups is 1. The monoisotopic (exact) mass is 336 g/mol. The van der Waals surface area contributed by atoms with Crippen molar-refractivity contribution in [3.8, 4) is 0 Å². The van der Waals surface area contributed by atoms with E-state index < -0.39 is 10.0 Å². The van der Waals surface area contributed by atoms with Crippen LogP contribution in [-0.4, -0.2) is 26.6 Å². The summed E-state index contributed by atoms with van der Waals surface area (Å²) in [6, 6.07) is 10.6. The molecule has 116 valence electrons. The van der Waals surface area contributed by atoms with Gasteiger partial charge in [0.05, 0.1) is 18.0 Å². The molecule has 0 saturated carbocycles. The summed E-state index contributed by atoms with van der Waals surface area (Å²) in [5, 5.41) is 4.81. The highest BCUT2D eigenvalue weighted by Crippen LogP contribution is 2.24. The predicted octanol–water partition coefficient (Wildman–Crippen LogP) is 2.22. The average Bonchev–Trinajstić information content (AvgIpc) is 3.14. The van der Waals surface area contributed by atoms with Crippen LogP contribution in [0.2, 0.25) is 0 Å². The number of thiophene rings is 1. The molecule has 0 radical (unpaired) electrons. The molecule has 7 heteroatoms. The molecule has 0 spiro atoms. The Morgan fingerprint density at radius 1 is 1.23 bits per heavy atom. The number of hydrogen-bond acceptors (Lipinski definition) is 4. The fourth-order valence-corrected chi connectivity index (χ4v) is 4.60. The Morgan fingerprint density at radius 3 is 2.59 bits per heavy atom. The molecule has 0 aliphatic carbocycles. The van der Waals surface area contributed by atoms with Crippen molar-refractivity contribution in [2.24, 2.45) is 0 Å². The van der Waals surface area contributed by atoms with Crippen molar-refractivity contribution in [3.05, 3.63) is 52.2 Å². The first-order valence-electron chi connectivity index (χ1n) is 6.97. The number of sulfonamides is 1. The lowest BCUT2D eigenvalue weighted by atomic mass is 10.2. The maximum absolute atomic E-state index is 12.1. The first-order chi connectivity index (χ1) is 10.6. The van der Waals surface area contributed by atoms with E-state index >= 15 is 0 Å². The Labute approximate surface area is 133 Å². The first kappa shape index (κ1) is 15.1. The topological polar surface area (TPSA) is 66.5 Å². The van der Waals surface area contributed by atoms with Crippen LogP contribution in [0.25, 0.3) is 0 Å². The molecule has 3 rings (SSSR count). The highest BCUT2D eigenvalue weighted by Gasteiger charge is 2.28. The average molecular weight is 336 g/mol. The van der Waals surface area contributed by atoms with Gasteiger partial charge in [-0.1, -0.05) is 6.07 Å². The third-order valence-corrected chi connectivity index (χ3v) is 6.27. The van der Waals surface area contributed by atoms with Crippen LogP contribution in [0.3, 0.4) is 0 Å². The summed E-state index contributed by atoms with van der Waals surface area (Å²) in [6.07, 6.45) is 0.644. The number of anilines is 1. The van der Waals surface area contributed by atoms with Gasteiger partial charge in [0.25, 0.3) is 5.91 Å². The highest BCUT2D eigenvalue weighted by molar-refractivity contribution is 7.93. The minimum absolute atomic E-state index is 0.163. The molecule has 1 aromatic carbocycles. The molecule has 1 aliphatic rings. The standard InChI is InChI=1S/C15H16N2O3S2/c18-15(16-11-14-3-1-9-21-14)12-4-6-13(7-5-12)17-8-2-10-22(17,19)20/h1,3-7,9H,2,8,10-11H2,(H,16,18). The molecule has 1 aromatic heterocycles. The lowest BCUT2D eigenvalue weighted by molar-refractivity contribution is 0.0951. The zero-order valence-corrected chi connectivity index (χ0v) is 13.5. The van der Waals surface area contributed by atoms with Gasteiger partial charge in [-0.3, -0.25) is 9.10 Å². The van der Waals surface area contributed by atoms with E-state index in [0.717, 1.165) is 4.88 Å². The summed E-state index contributed by atoms with van der Waals surface area (Å²) in [5.41, 5.74) is 1.14. The number of nitrogens with zero attached hydrogens (tertiary/aromatic N) is 1. The van der Waals surface area contributed by atoms with Crippen LogP contribution in [0, 0.1) is 0 Å². The van der Waals surface area contributed by atoms with Gasteiger partial charge in [-0.2, -0.15) is 0 Å². The Balaban J connectivity index is 1.67. The second-order valence-corrected chi connectivity index (χ2v) is 8.10. The van der Waals surface area contributed by atoms with Gasteiger partial charge in [-0.05, 0) is 42.1 Å². The van der Waals surface area contributed by atoms with Crippen molar-refractivity contribution < 1.29 is 13.2 Å². The van der Waals surface area contributed by atoms with Gasteiger partial charge < -0.3 is 5.32 Å². The Morgan fingerprint density at radius 2 is 2.00 bits per heavy atom. The molecule has 0 atom stereocenters. The van der Waals surface area contributed by atoms with Crippen molar-refractivity contribution in [2.75, 3.05) is 16.6 Å². The van der Waals surface area contributed by atoms with Crippen molar-refractivity contribution in [1.29, 1.82) is 0 Å². The van der Waals surface area contributed by atoms with Gasteiger partial charge >= 0.3 is 0 Å². The van der Waals surface area contributed by atoms with Gasteiger partial charge in [0.1, 0.15) is 0 Å². The summed E-state index contributed by atoms with van der Waals surface area (Å²) < 4.78 is 25.1. The van der Waals surface area contributed by atoms with E-state index in [9.17, 15) is 13.2 Å². The summed E-state index contributed by atoms with van der Waals surface area (Å²) in [5.74, 6) is 0.0278. The van der Waals surface area contributed by atoms with Crippen LogP contribution in [0.5, 0.6) is 0 Å². The molecule has 1 saturated heterocycles. The molecule has 1 N–H and O–H groups in total. The van der Waals surface area contributed by atoms with E-state index in [0.29, 0.717) is 30.8 Å². The number of nitrogens with one attached hydrogen (secondary N) is 1. The minimum Gasteiger partial charge on any atom is -0.347 e. The highest BCUT2D eigenvalue weighted by atomic mass is 32.2. The molecule has 2 aromatic rings. The Hall–Kier alpha value is -1.86. The quantitative estimate of drug-likeness (QED) is 0.931. The third-order valence-electron chi connectivity index (χ3n) is 3.52. The zero-order chi connectivity index (χ0) is 15.6. The normalized spacial score (nSPS) is 16.6. The van der Waals surface area contributed by atoms with Crippen LogP contribution in [0.4, 0.5) is 5.69 Å². The second-order valence-electron chi connectivity index (χ2n) is 5.05. The predicted molar refractivity (Wildman–Crippen MR) is 87.7 cm³/mol. The molecular formula is C15H16N2O3S2. The van der Waals surface area contributed by atoms with Crippen LogP contribution < -0.4 is 9.62 Å². The van der Waals surface area contributed by atoms with E-state index in [1.54, 1.807) is 35.6 Å². The lowest BCUT2D eigenvalue weighted by Crippen LogP contribution is -2.25. The molecule has 0 bridgehead atoms. The summed E-state index contributed by atoms with van der Waals surface area (Å²) >= 11 is 1.59. The van der Waals surface area contributed by atoms with Crippen molar-refractivity contribution in [3.63, 3.8) is 0 Å². The summed E-state index contributed by atoms with van der Waals surface area (Å²) in [7, 11) is -3.18. The van der Waals surface area contributed by atoms with Gasteiger partial charge in [-0.15, -0.1) is 11.3 Å². The lowest BCUT2D eigenvalue weighted by Gasteiger charge is -2.17. The number of rotatable bonds is 4. The van der Waals surface area contributed by atoms with Crippen LogP contribution in [0.1, 0.15) is 21.7 Å². The minimum atomic E-state index is -3.18. The first-order valence-corrected chi connectivity index (χ1v) is 9.46. The van der Waals surface area contributed by atoms with Crippen molar-refractivity contribution >= 4 is 33.0 Å². The number of benzene rings is 1. The fourth-order valence-electron chi connectivity index (χ4n) is 2.39. The van der Waals surface area contributed by atoms with Gasteiger partial charge in [0, 0.05) is 17.0 Å². The molecule has 1 aliphatic heterocycles. The molecule has 2 heterocycles. The molecule has 1 amide bonds. The largest absolute Gasteiger partial charge is 0.347 e. The SMILES string of the molecule is O=C(NCc1cccs1)c1ccc(N2CCCS2(=O)=O)cc1. The van der Waals surface area contributed by atoms with Gasteiger partial charge in [0.2, 0.25) is 10.0 Å². The van der Waals surface area contributed by atoms with E-state index in [1.165, 1.54) is 4.31 Å². The van der Waals surface area contributed by atoms with E-state index in [4.69, 9.17) is 0 Å². The van der Waals surface area contributed by atoms with E-state index in [-0.39, 0.29) is 11.7 Å². The summed E-state index contributed by atoms with van der Waals surface area (Å²) in [6.45, 7) is 1.00. The van der Waals surface area contributed by atoms with Crippen molar-refractivity contribution in [2.45, 2.75) is 13.0 Å². The molecule has 5 nitrogen and oxygen atoms in total. The number of carbonyl (C=O) groups excluding carboxylic acids is 1. The van der Waals surface area contributed by atoms with E-state index in [2.05, 4.69) is 5.32 Å². The molecular weight excluding hydrogens is 320 g/mol. The zero-order valence-electron chi connectivity index (χ0n) is 11.9. The number of amides is 1. The summed E-state index contributed by atoms with van der Waals surface area (Å²) in [4.78, 5) is 13.2. The van der Waals surface area contributed by atoms with E-state index in [1.807, 2.05) is 17.5 Å². The van der Waals surface area contributed by atoms with Crippen molar-refractivity contribution in [1.82, 2.24) is 5.32 Å². The number of hydrogen-bond donors (Lipinski definition) is 1. The molecule has 22 heavy (non-hydrogen) atoms. The van der Waals surface area contributed by atoms with Crippen LogP contribution in [-0.2, 0) is 16.6 Å². The second kappa shape index (κ2) is 6.10. The maximum atomic E-state index is 12.1. The Kier molecular flexibility index (Phi) is 4.17. The maximum Gasteiger partial charge on any atom is 0.251 e. The van der Waals surface area contributed by atoms with Crippen LogP contribution in [0.15, 0.2) is 41.8 Å². The smallest absolute Gasteiger partial charge is 0.251 e. The van der Waals surface area contributed by atoms with Gasteiger partial charge in [-0.25, -0.2) is 8.42 Å². The molecule has 0 unspecified atom stereocenters. The molecule has 1 fully saturated rings. The van der Waals surface area contributed by atoms with Gasteiger partial charge in [0.15, 0.2) is 0 Å².